The third-order valence-corrected chi connectivity index (χ3v) is 4.54. The summed E-state index contributed by atoms with van der Waals surface area (Å²) in [5, 5.41) is 6.01. The third-order valence-electron chi connectivity index (χ3n) is 4.54. The number of amides is 2. The van der Waals surface area contributed by atoms with E-state index in [1.165, 1.54) is 6.92 Å². The van der Waals surface area contributed by atoms with Crippen LogP contribution in [-0.2, 0) is 9.59 Å². The summed E-state index contributed by atoms with van der Waals surface area (Å²) in [6.45, 7) is 1.46. The first-order chi connectivity index (χ1) is 13.6. The van der Waals surface area contributed by atoms with E-state index < -0.39 is 0 Å². The number of rotatable bonds is 7. The van der Waals surface area contributed by atoms with Gasteiger partial charge in [0, 0.05) is 6.92 Å². The molecular formula is C24H24N2O2. The summed E-state index contributed by atoms with van der Waals surface area (Å²) in [7, 11) is 0. The Morgan fingerprint density at radius 3 is 1.54 bits per heavy atom. The van der Waals surface area contributed by atoms with Crippen LogP contribution in [-0.4, -0.2) is 11.8 Å². The molecule has 0 saturated heterocycles. The minimum atomic E-state index is -0.370. The van der Waals surface area contributed by atoms with Crippen LogP contribution in [0.2, 0.25) is 0 Å². The van der Waals surface area contributed by atoms with Gasteiger partial charge in [0.25, 0.3) is 0 Å². The van der Waals surface area contributed by atoms with Gasteiger partial charge in [0.1, 0.15) is 0 Å². The number of carbonyl (C=O) groups is 2. The summed E-state index contributed by atoms with van der Waals surface area (Å²) < 4.78 is 0. The summed E-state index contributed by atoms with van der Waals surface area (Å²) in [5.74, 6) is -0.287. The SMILES string of the molecule is CC(=O)N[C@@H](CC(=O)NC(c1ccccc1)c1ccccc1)c1ccccc1. The van der Waals surface area contributed by atoms with Crippen molar-refractivity contribution in [2.45, 2.75) is 25.4 Å². The van der Waals surface area contributed by atoms with Crippen LogP contribution in [0.4, 0.5) is 0 Å². The molecule has 0 aliphatic carbocycles. The lowest BCUT2D eigenvalue weighted by molar-refractivity contribution is -0.123. The fourth-order valence-electron chi connectivity index (χ4n) is 3.24. The summed E-state index contributed by atoms with van der Waals surface area (Å²) >= 11 is 0. The van der Waals surface area contributed by atoms with E-state index in [0.717, 1.165) is 16.7 Å². The van der Waals surface area contributed by atoms with Gasteiger partial charge in [-0.1, -0.05) is 91.0 Å². The molecule has 4 heteroatoms. The van der Waals surface area contributed by atoms with E-state index in [1.807, 2.05) is 91.0 Å². The molecule has 0 unspecified atom stereocenters. The highest BCUT2D eigenvalue weighted by atomic mass is 16.2. The predicted molar refractivity (Wildman–Crippen MR) is 110 cm³/mol. The fraction of sp³-hybridized carbons (Fsp3) is 0.167. The van der Waals surface area contributed by atoms with Crippen molar-refractivity contribution in [1.29, 1.82) is 0 Å². The molecule has 2 amide bonds. The first-order valence-electron chi connectivity index (χ1n) is 9.35. The topological polar surface area (TPSA) is 58.2 Å². The molecule has 0 fully saturated rings. The van der Waals surface area contributed by atoms with Crippen molar-refractivity contribution in [2.24, 2.45) is 0 Å². The maximum Gasteiger partial charge on any atom is 0.223 e. The van der Waals surface area contributed by atoms with E-state index in [2.05, 4.69) is 10.6 Å². The second-order valence-corrected chi connectivity index (χ2v) is 6.69. The van der Waals surface area contributed by atoms with Gasteiger partial charge in [-0.25, -0.2) is 0 Å². The predicted octanol–water partition coefficient (Wildman–Crippen LogP) is 4.16. The Balaban J connectivity index is 1.80. The van der Waals surface area contributed by atoms with Gasteiger partial charge in [0.05, 0.1) is 18.5 Å². The average molecular weight is 372 g/mol. The van der Waals surface area contributed by atoms with Gasteiger partial charge >= 0.3 is 0 Å². The molecule has 0 aromatic heterocycles. The number of hydrogen-bond acceptors (Lipinski definition) is 2. The lowest BCUT2D eigenvalue weighted by Crippen LogP contribution is -2.34. The van der Waals surface area contributed by atoms with Gasteiger partial charge in [0.15, 0.2) is 0 Å². The molecule has 0 heterocycles. The molecule has 0 bridgehead atoms. The number of hydrogen-bond donors (Lipinski definition) is 2. The molecule has 0 radical (unpaired) electrons. The number of carbonyl (C=O) groups excluding carboxylic acids is 2. The Morgan fingerprint density at radius 2 is 1.11 bits per heavy atom. The molecule has 0 aliphatic rings. The zero-order valence-corrected chi connectivity index (χ0v) is 15.8. The van der Waals surface area contributed by atoms with E-state index in [1.54, 1.807) is 0 Å². The molecule has 1 atom stereocenters. The Morgan fingerprint density at radius 1 is 0.679 bits per heavy atom. The van der Waals surface area contributed by atoms with Crippen molar-refractivity contribution in [3.63, 3.8) is 0 Å². The van der Waals surface area contributed by atoms with E-state index >= 15 is 0 Å². The van der Waals surface area contributed by atoms with Crippen LogP contribution in [0.5, 0.6) is 0 Å². The molecule has 0 aliphatic heterocycles. The van der Waals surface area contributed by atoms with Gasteiger partial charge < -0.3 is 10.6 Å². The van der Waals surface area contributed by atoms with Crippen molar-refractivity contribution in [3.05, 3.63) is 108 Å². The monoisotopic (exact) mass is 372 g/mol. The highest BCUT2D eigenvalue weighted by Crippen LogP contribution is 2.23. The molecule has 28 heavy (non-hydrogen) atoms. The minimum absolute atomic E-state index is 0.125. The molecule has 3 rings (SSSR count). The molecule has 3 aromatic carbocycles. The first-order valence-corrected chi connectivity index (χ1v) is 9.35. The highest BCUT2D eigenvalue weighted by molar-refractivity contribution is 5.79. The summed E-state index contributed by atoms with van der Waals surface area (Å²) in [5.41, 5.74) is 2.93. The largest absolute Gasteiger partial charge is 0.349 e. The average Bonchev–Trinajstić information content (AvgIpc) is 2.73. The van der Waals surface area contributed by atoms with Crippen molar-refractivity contribution in [2.75, 3.05) is 0 Å². The molecule has 142 valence electrons. The fourth-order valence-corrected chi connectivity index (χ4v) is 3.24. The van der Waals surface area contributed by atoms with Crippen LogP contribution in [0.1, 0.15) is 42.1 Å². The summed E-state index contributed by atoms with van der Waals surface area (Å²) in [4.78, 5) is 24.5. The highest BCUT2D eigenvalue weighted by Gasteiger charge is 2.21. The van der Waals surface area contributed by atoms with Gasteiger partial charge in [-0.05, 0) is 16.7 Å². The molecule has 3 aromatic rings. The molecular weight excluding hydrogens is 348 g/mol. The smallest absolute Gasteiger partial charge is 0.223 e. The number of benzene rings is 3. The van der Waals surface area contributed by atoms with Crippen LogP contribution in [0, 0.1) is 0 Å². The van der Waals surface area contributed by atoms with Crippen molar-refractivity contribution >= 4 is 11.8 Å². The van der Waals surface area contributed by atoms with Gasteiger partial charge in [-0.2, -0.15) is 0 Å². The lowest BCUT2D eigenvalue weighted by Gasteiger charge is -2.23. The van der Waals surface area contributed by atoms with Crippen LogP contribution >= 0.6 is 0 Å². The van der Waals surface area contributed by atoms with Crippen LogP contribution < -0.4 is 10.6 Å². The van der Waals surface area contributed by atoms with E-state index in [0.29, 0.717) is 0 Å². The maximum absolute atomic E-state index is 12.9. The van der Waals surface area contributed by atoms with Crippen LogP contribution in [0.25, 0.3) is 0 Å². The Bertz CT molecular complexity index is 856. The summed E-state index contributed by atoms with van der Waals surface area (Å²) in [6.07, 6.45) is 0.166. The van der Waals surface area contributed by atoms with Gasteiger partial charge in [-0.15, -0.1) is 0 Å². The number of nitrogens with one attached hydrogen (secondary N) is 2. The van der Waals surface area contributed by atoms with Gasteiger partial charge in [0.2, 0.25) is 11.8 Å². The van der Waals surface area contributed by atoms with E-state index in [4.69, 9.17) is 0 Å². The molecule has 0 spiro atoms. The van der Waals surface area contributed by atoms with Crippen LogP contribution in [0.15, 0.2) is 91.0 Å². The third kappa shape index (κ3) is 5.30. The first kappa shape index (κ1) is 19.4. The van der Waals surface area contributed by atoms with Crippen LogP contribution in [0.3, 0.4) is 0 Å². The Labute approximate surface area is 165 Å². The minimum Gasteiger partial charge on any atom is -0.349 e. The second kappa shape index (κ2) is 9.51. The Kier molecular flexibility index (Phi) is 6.58. The molecule has 2 N–H and O–H groups in total. The zero-order valence-electron chi connectivity index (χ0n) is 15.8. The van der Waals surface area contributed by atoms with E-state index in [9.17, 15) is 9.59 Å². The normalized spacial score (nSPS) is 11.6. The quantitative estimate of drug-likeness (QED) is 0.654. The van der Waals surface area contributed by atoms with Gasteiger partial charge in [-0.3, -0.25) is 9.59 Å². The van der Waals surface area contributed by atoms with Crippen molar-refractivity contribution < 1.29 is 9.59 Å². The standard InChI is InChI=1S/C24H24N2O2/c1-18(27)25-22(19-11-5-2-6-12-19)17-23(28)26-24(20-13-7-3-8-14-20)21-15-9-4-10-16-21/h2-16,22,24H,17H2,1H3,(H,25,27)(H,26,28)/t22-/m0/s1. The second-order valence-electron chi connectivity index (χ2n) is 6.69. The molecule has 0 saturated carbocycles. The van der Waals surface area contributed by atoms with Crippen molar-refractivity contribution in [3.8, 4) is 0 Å². The summed E-state index contributed by atoms with van der Waals surface area (Å²) in [6, 6.07) is 28.7. The Hall–Kier alpha value is -3.40. The zero-order chi connectivity index (χ0) is 19.8. The van der Waals surface area contributed by atoms with Crippen molar-refractivity contribution in [1.82, 2.24) is 10.6 Å². The molecule has 4 nitrogen and oxygen atoms in total. The lowest BCUT2D eigenvalue weighted by atomic mass is 9.97. The van der Waals surface area contributed by atoms with E-state index in [-0.39, 0.29) is 30.3 Å². The maximum atomic E-state index is 12.9.